The van der Waals surface area contributed by atoms with E-state index in [2.05, 4.69) is 0 Å². The fourth-order valence-corrected chi connectivity index (χ4v) is 6.40. The molecule has 3 fully saturated rings. The minimum absolute atomic E-state index is 0.0621. The minimum atomic E-state index is -1.10. The number of phenols is 1. The number of fused-ring (bicyclic) bond motifs is 1. The molecule has 1 spiro atoms. The van der Waals surface area contributed by atoms with Crippen molar-refractivity contribution < 1.29 is 24.6 Å². The molecule has 2 aliphatic carbocycles. The fourth-order valence-electron chi connectivity index (χ4n) is 6.14. The van der Waals surface area contributed by atoms with E-state index in [9.17, 15) is 24.6 Å². The Labute approximate surface area is 192 Å². The van der Waals surface area contributed by atoms with Crippen molar-refractivity contribution in [3.05, 3.63) is 28.3 Å². The van der Waals surface area contributed by atoms with Gasteiger partial charge in [0.05, 0.1) is 17.4 Å². The van der Waals surface area contributed by atoms with Crippen LogP contribution in [0.4, 0.5) is 0 Å². The number of aromatic hydroxyl groups is 1. The molecule has 8 heteroatoms. The number of hydrogen-bond acceptors (Lipinski definition) is 4. The smallest absolute Gasteiger partial charge is 0.310 e. The molecule has 0 bridgehead atoms. The van der Waals surface area contributed by atoms with Crippen LogP contribution in [0.2, 0.25) is 5.02 Å². The normalized spacial score (nSPS) is 30.6. The van der Waals surface area contributed by atoms with E-state index in [1.54, 1.807) is 17.9 Å². The number of aliphatic carboxylic acids is 1. The standard InChI is InChI=1S/C24H29ClN2O5/c1-23(22(31)32)7-2-3-15(23)21(30)27-10-6-14-16(25)4-5-18(28)20(14)17(27)12-26-13-24(8-9-24)11-19(26)29/h4-5,15,17,28H,2-3,6-13H2,1H3,(H,31,32)/t15-,17+,23-/m0/s1. The Bertz CT molecular complexity index is 1010. The van der Waals surface area contributed by atoms with Crippen LogP contribution >= 0.6 is 11.6 Å². The molecule has 4 aliphatic rings. The van der Waals surface area contributed by atoms with Gasteiger partial charge in [0.25, 0.3) is 0 Å². The highest BCUT2D eigenvalue weighted by Gasteiger charge is 2.54. The second-order valence-electron chi connectivity index (χ2n) is 10.4. The number of hydrogen-bond donors (Lipinski definition) is 2. The van der Waals surface area contributed by atoms with Gasteiger partial charge in [-0.1, -0.05) is 18.0 Å². The first-order chi connectivity index (χ1) is 15.2. The number of phenolic OH excluding ortho intramolecular Hbond substituents is 1. The number of carboxylic acids is 1. The van der Waals surface area contributed by atoms with Crippen molar-refractivity contribution in [3.8, 4) is 5.75 Å². The van der Waals surface area contributed by atoms with E-state index in [1.165, 1.54) is 6.07 Å². The van der Waals surface area contributed by atoms with Crippen molar-refractivity contribution >= 4 is 29.4 Å². The highest BCUT2D eigenvalue weighted by Crippen LogP contribution is 2.54. The van der Waals surface area contributed by atoms with Crippen LogP contribution in [0.25, 0.3) is 0 Å². The predicted octanol–water partition coefficient (Wildman–Crippen LogP) is 3.37. The van der Waals surface area contributed by atoms with E-state index >= 15 is 0 Å². The van der Waals surface area contributed by atoms with Gasteiger partial charge in [0.1, 0.15) is 5.75 Å². The molecular weight excluding hydrogens is 432 g/mol. The Balaban J connectivity index is 1.51. The molecule has 2 heterocycles. The van der Waals surface area contributed by atoms with Gasteiger partial charge in [0, 0.05) is 36.6 Å². The Kier molecular flexibility index (Phi) is 4.97. The summed E-state index contributed by atoms with van der Waals surface area (Å²) in [7, 11) is 0. The number of amides is 2. The van der Waals surface area contributed by atoms with E-state index < -0.39 is 23.3 Å². The molecule has 2 N–H and O–H groups in total. The molecule has 3 atom stereocenters. The molecule has 1 aromatic carbocycles. The molecule has 2 amide bonds. The summed E-state index contributed by atoms with van der Waals surface area (Å²) in [4.78, 5) is 42.1. The van der Waals surface area contributed by atoms with Crippen LogP contribution in [-0.4, -0.2) is 57.4 Å². The molecule has 32 heavy (non-hydrogen) atoms. The van der Waals surface area contributed by atoms with E-state index in [0.717, 1.165) is 18.4 Å². The van der Waals surface area contributed by atoms with Gasteiger partial charge in [-0.05, 0) is 62.1 Å². The average Bonchev–Trinajstić information content (AvgIpc) is 3.25. The Morgan fingerprint density at radius 2 is 2.00 bits per heavy atom. The molecule has 2 saturated carbocycles. The fraction of sp³-hybridized carbons (Fsp3) is 0.625. The Morgan fingerprint density at radius 3 is 2.66 bits per heavy atom. The van der Waals surface area contributed by atoms with Crippen LogP contribution < -0.4 is 0 Å². The SMILES string of the molecule is C[C@]1(C(=O)O)CCC[C@H]1C(=O)N1CCc2c(Cl)ccc(O)c2[C@H]1CN1CC2(CC2)CC1=O. The third-order valence-corrected chi connectivity index (χ3v) is 8.73. The lowest BCUT2D eigenvalue weighted by molar-refractivity contribution is -0.157. The van der Waals surface area contributed by atoms with Crippen molar-refractivity contribution in [1.82, 2.24) is 9.80 Å². The van der Waals surface area contributed by atoms with Crippen LogP contribution in [0.1, 0.15) is 62.6 Å². The second kappa shape index (κ2) is 7.37. The van der Waals surface area contributed by atoms with E-state index in [-0.39, 0.29) is 23.0 Å². The summed E-state index contributed by atoms with van der Waals surface area (Å²) in [5.41, 5.74) is 0.394. The molecule has 2 aliphatic heterocycles. The number of nitrogens with zero attached hydrogens (tertiary/aromatic N) is 2. The van der Waals surface area contributed by atoms with Crippen LogP contribution in [0, 0.1) is 16.7 Å². The van der Waals surface area contributed by atoms with Gasteiger partial charge in [-0.3, -0.25) is 14.4 Å². The third-order valence-electron chi connectivity index (χ3n) is 8.37. The summed E-state index contributed by atoms with van der Waals surface area (Å²) in [6.45, 7) is 3.02. The van der Waals surface area contributed by atoms with E-state index in [0.29, 0.717) is 62.3 Å². The zero-order chi connectivity index (χ0) is 22.8. The highest BCUT2D eigenvalue weighted by atomic mass is 35.5. The first-order valence-corrected chi connectivity index (χ1v) is 11.8. The van der Waals surface area contributed by atoms with E-state index in [1.807, 2.05) is 4.90 Å². The lowest BCUT2D eigenvalue weighted by atomic mass is 9.78. The van der Waals surface area contributed by atoms with Crippen LogP contribution in [0.3, 0.4) is 0 Å². The summed E-state index contributed by atoms with van der Waals surface area (Å²) in [6.07, 6.45) is 4.83. The largest absolute Gasteiger partial charge is 0.508 e. The number of carboxylic acid groups (broad SMARTS) is 1. The van der Waals surface area contributed by atoms with Gasteiger partial charge in [0.15, 0.2) is 0 Å². The van der Waals surface area contributed by atoms with Gasteiger partial charge in [-0.15, -0.1) is 0 Å². The summed E-state index contributed by atoms with van der Waals surface area (Å²) >= 11 is 6.45. The number of likely N-dealkylation sites (tertiary alicyclic amines) is 1. The lowest BCUT2D eigenvalue weighted by Crippen LogP contribution is -2.50. The topological polar surface area (TPSA) is 98.2 Å². The Hall–Kier alpha value is -2.28. The monoisotopic (exact) mass is 460 g/mol. The summed E-state index contributed by atoms with van der Waals surface area (Å²) < 4.78 is 0. The van der Waals surface area contributed by atoms with Gasteiger partial charge >= 0.3 is 5.97 Å². The zero-order valence-electron chi connectivity index (χ0n) is 18.3. The van der Waals surface area contributed by atoms with Crippen LogP contribution in [0.15, 0.2) is 12.1 Å². The maximum atomic E-state index is 13.8. The number of rotatable bonds is 4. The van der Waals surface area contributed by atoms with Crippen LogP contribution in [-0.2, 0) is 20.8 Å². The summed E-state index contributed by atoms with van der Waals surface area (Å²) in [6, 6.07) is 2.65. The van der Waals surface area contributed by atoms with Gasteiger partial charge in [-0.2, -0.15) is 0 Å². The molecule has 7 nitrogen and oxygen atoms in total. The molecular formula is C24H29ClN2O5. The first-order valence-electron chi connectivity index (χ1n) is 11.5. The van der Waals surface area contributed by atoms with E-state index in [4.69, 9.17) is 11.6 Å². The predicted molar refractivity (Wildman–Crippen MR) is 117 cm³/mol. The van der Waals surface area contributed by atoms with Gasteiger partial charge in [0.2, 0.25) is 11.8 Å². The quantitative estimate of drug-likeness (QED) is 0.717. The second-order valence-corrected chi connectivity index (χ2v) is 10.8. The molecule has 5 rings (SSSR count). The summed E-state index contributed by atoms with van der Waals surface area (Å²) in [5, 5.41) is 21.1. The average molecular weight is 461 g/mol. The van der Waals surface area contributed by atoms with Gasteiger partial charge < -0.3 is 20.0 Å². The van der Waals surface area contributed by atoms with Crippen molar-refractivity contribution in [2.75, 3.05) is 19.6 Å². The van der Waals surface area contributed by atoms with Crippen molar-refractivity contribution in [1.29, 1.82) is 0 Å². The number of halogens is 1. The maximum absolute atomic E-state index is 13.8. The zero-order valence-corrected chi connectivity index (χ0v) is 19.0. The minimum Gasteiger partial charge on any atom is -0.508 e. The van der Waals surface area contributed by atoms with Gasteiger partial charge in [-0.25, -0.2) is 0 Å². The number of carbonyl (C=O) groups is 3. The molecule has 172 valence electrons. The van der Waals surface area contributed by atoms with Crippen molar-refractivity contribution in [2.45, 2.75) is 57.9 Å². The first kappa shape index (κ1) is 21.6. The highest BCUT2D eigenvalue weighted by molar-refractivity contribution is 6.31. The molecule has 1 saturated heterocycles. The lowest BCUT2D eigenvalue weighted by Gasteiger charge is -2.42. The van der Waals surface area contributed by atoms with Crippen LogP contribution in [0.5, 0.6) is 5.75 Å². The number of benzene rings is 1. The van der Waals surface area contributed by atoms with Crippen molar-refractivity contribution in [2.24, 2.45) is 16.7 Å². The third kappa shape index (κ3) is 3.28. The molecule has 0 unspecified atom stereocenters. The molecule has 0 radical (unpaired) electrons. The summed E-state index contributed by atoms with van der Waals surface area (Å²) in [5.74, 6) is -1.62. The maximum Gasteiger partial charge on any atom is 0.310 e. The molecule has 1 aromatic rings. The number of carbonyl (C=O) groups excluding carboxylic acids is 2. The molecule has 0 aromatic heterocycles. The Morgan fingerprint density at radius 1 is 1.25 bits per heavy atom. The van der Waals surface area contributed by atoms with Crippen molar-refractivity contribution in [3.63, 3.8) is 0 Å².